The normalized spacial score (nSPS) is 12.0. The maximum atomic E-state index is 12.9. The minimum absolute atomic E-state index is 0.0721. The SMILES string of the molecule is COC(=O)OC[C@H](OC(=O)OC)[C@@H](c1ccccc1)N(Cc1cccc(OC)c1)C(=O)OC. The number of benzene rings is 2. The predicted molar refractivity (Wildman–Crippen MR) is 116 cm³/mol. The molecule has 10 heteroatoms. The van der Waals surface area contributed by atoms with Crippen LogP contribution in [0.15, 0.2) is 54.6 Å². The van der Waals surface area contributed by atoms with Crippen LogP contribution in [-0.2, 0) is 30.2 Å². The molecule has 2 aromatic rings. The number of amides is 1. The predicted octanol–water partition coefficient (Wildman–Crippen LogP) is 3.94. The van der Waals surface area contributed by atoms with Crippen molar-refractivity contribution in [2.24, 2.45) is 0 Å². The highest BCUT2D eigenvalue weighted by Gasteiger charge is 2.37. The molecule has 0 saturated heterocycles. The molecule has 0 unspecified atom stereocenters. The lowest BCUT2D eigenvalue weighted by Gasteiger charge is -2.35. The smallest absolute Gasteiger partial charge is 0.497 e. The van der Waals surface area contributed by atoms with Gasteiger partial charge in [-0.25, -0.2) is 14.4 Å². The van der Waals surface area contributed by atoms with Gasteiger partial charge in [0.15, 0.2) is 6.10 Å². The Morgan fingerprint density at radius 2 is 1.55 bits per heavy atom. The molecule has 2 aromatic carbocycles. The van der Waals surface area contributed by atoms with E-state index in [-0.39, 0.29) is 6.54 Å². The van der Waals surface area contributed by atoms with Gasteiger partial charge in [-0.05, 0) is 23.3 Å². The van der Waals surface area contributed by atoms with Crippen molar-refractivity contribution in [2.45, 2.75) is 18.7 Å². The molecule has 33 heavy (non-hydrogen) atoms. The fourth-order valence-electron chi connectivity index (χ4n) is 3.18. The van der Waals surface area contributed by atoms with E-state index in [1.807, 2.05) is 6.07 Å². The van der Waals surface area contributed by atoms with E-state index in [2.05, 4.69) is 9.47 Å². The molecule has 0 fully saturated rings. The maximum absolute atomic E-state index is 12.9. The molecule has 0 spiro atoms. The molecule has 0 radical (unpaired) electrons. The van der Waals surface area contributed by atoms with E-state index < -0.39 is 37.2 Å². The molecule has 0 N–H and O–H groups in total. The Balaban J connectivity index is 2.53. The van der Waals surface area contributed by atoms with Gasteiger partial charge in [0, 0.05) is 6.54 Å². The molecule has 0 bridgehead atoms. The third-order valence-electron chi connectivity index (χ3n) is 4.67. The zero-order valence-corrected chi connectivity index (χ0v) is 18.9. The average molecular weight is 461 g/mol. The Morgan fingerprint density at radius 1 is 0.848 bits per heavy atom. The summed E-state index contributed by atoms with van der Waals surface area (Å²) in [4.78, 5) is 37.9. The Labute approximate surface area is 191 Å². The molecular formula is C23H27NO9. The van der Waals surface area contributed by atoms with Gasteiger partial charge >= 0.3 is 18.4 Å². The van der Waals surface area contributed by atoms with Crippen molar-refractivity contribution in [3.63, 3.8) is 0 Å². The molecule has 0 aliphatic rings. The highest BCUT2D eigenvalue weighted by Crippen LogP contribution is 2.30. The van der Waals surface area contributed by atoms with E-state index in [0.29, 0.717) is 11.3 Å². The number of nitrogens with zero attached hydrogens (tertiary/aromatic N) is 1. The molecule has 0 aliphatic carbocycles. The number of methoxy groups -OCH3 is 4. The van der Waals surface area contributed by atoms with Gasteiger partial charge in [-0.15, -0.1) is 0 Å². The first-order chi connectivity index (χ1) is 15.9. The van der Waals surface area contributed by atoms with Crippen molar-refractivity contribution in [3.05, 3.63) is 65.7 Å². The summed E-state index contributed by atoms with van der Waals surface area (Å²) in [5.41, 5.74) is 1.33. The molecule has 10 nitrogen and oxygen atoms in total. The van der Waals surface area contributed by atoms with Crippen molar-refractivity contribution >= 4 is 18.4 Å². The van der Waals surface area contributed by atoms with Gasteiger partial charge in [-0.1, -0.05) is 42.5 Å². The monoisotopic (exact) mass is 461 g/mol. The van der Waals surface area contributed by atoms with Gasteiger partial charge in [0.1, 0.15) is 18.4 Å². The van der Waals surface area contributed by atoms with Crippen LogP contribution < -0.4 is 4.74 Å². The van der Waals surface area contributed by atoms with Crippen molar-refractivity contribution in [1.29, 1.82) is 0 Å². The fraction of sp³-hybridized carbons (Fsp3) is 0.348. The molecule has 0 aliphatic heterocycles. The summed E-state index contributed by atoms with van der Waals surface area (Å²) >= 11 is 0. The molecule has 0 heterocycles. The van der Waals surface area contributed by atoms with E-state index in [1.165, 1.54) is 19.1 Å². The Morgan fingerprint density at radius 3 is 2.15 bits per heavy atom. The first-order valence-electron chi connectivity index (χ1n) is 9.91. The Kier molecular flexibility index (Phi) is 9.81. The third-order valence-corrected chi connectivity index (χ3v) is 4.67. The van der Waals surface area contributed by atoms with Crippen molar-refractivity contribution < 1.29 is 42.8 Å². The van der Waals surface area contributed by atoms with Gasteiger partial charge < -0.3 is 28.4 Å². The standard InChI is InChI=1S/C23H27NO9/c1-28-18-12-8-9-16(13-18)14-24(21(25)29-2)20(17-10-6-5-7-11-17)19(33-23(27)31-4)15-32-22(26)30-3/h5-13,19-20H,14-15H2,1-4H3/t19-,20+/m0/s1. The molecule has 1 amide bonds. The second kappa shape index (κ2) is 12.8. The first-order valence-corrected chi connectivity index (χ1v) is 9.91. The summed E-state index contributed by atoms with van der Waals surface area (Å²) in [6.07, 6.45) is -3.83. The molecule has 0 aromatic heterocycles. The summed E-state index contributed by atoms with van der Waals surface area (Å²) < 4.78 is 29.9. The highest BCUT2D eigenvalue weighted by molar-refractivity contribution is 5.69. The lowest BCUT2D eigenvalue weighted by molar-refractivity contribution is -0.0427. The molecular weight excluding hydrogens is 434 g/mol. The zero-order chi connectivity index (χ0) is 24.2. The van der Waals surface area contributed by atoms with Crippen LogP contribution in [0.3, 0.4) is 0 Å². The van der Waals surface area contributed by atoms with Crippen molar-refractivity contribution in [2.75, 3.05) is 35.0 Å². The summed E-state index contributed by atoms with van der Waals surface area (Å²) in [6.45, 7) is -0.338. The number of ether oxygens (including phenoxy) is 6. The van der Waals surface area contributed by atoms with Crippen LogP contribution in [-0.4, -0.2) is 64.5 Å². The van der Waals surface area contributed by atoms with Gasteiger partial charge in [0.05, 0.1) is 28.4 Å². The number of carbonyl (C=O) groups is 3. The van der Waals surface area contributed by atoms with Crippen LogP contribution in [0.4, 0.5) is 14.4 Å². The Hall–Kier alpha value is -3.95. The van der Waals surface area contributed by atoms with E-state index in [0.717, 1.165) is 19.8 Å². The maximum Gasteiger partial charge on any atom is 0.508 e. The summed E-state index contributed by atoms with van der Waals surface area (Å²) in [5, 5.41) is 0. The van der Waals surface area contributed by atoms with Crippen molar-refractivity contribution in [1.82, 2.24) is 4.90 Å². The molecule has 178 valence electrons. The molecule has 2 rings (SSSR count). The number of rotatable bonds is 9. The minimum Gasteiger partial charge on any atom is -0.497 e. The summed E-state index contributed by atoms with van der Waals surface area (Å²) in [5.74, 6) is 0.602. The van der Waals surface area contributed by atoms with E-state index in [1.54, 1.807) is 48.5 Å². The number of hydrogen-bond acceptors (Lipinski definition) is 9. The average Bonchev–Trinajstić information content (AvgIpc) is 2.86. The largest absolute Gasteiger partial charge is 0.508 e. The van der Waals surface area contributed by atoms with Crippen molar-refractivity contribution in [3.8, 4) is 5.75 Å². The van der Waals surface area contributed by atoms with Crippen LogP contribution in [0.1, 0.15) is 17.2 Å². The second-order valence-corrected chi connectivity index (χ2v) is 6.68. The summed E-state index contributed by atoms with van der Waals surface area (Å²) in [7, 11) is 5.07. The van der Waals surface area contributed by atoms with Gasteiger partial charge in [0.2, 0.25) is 0 Å². The van der Waals surface area contributed by atoms with Crippen LogP contribution in [0.5, 0.6) is 5.75 Å². The topological polar surface area (TPSA) is 110 Å². The number of carbonyl (C=O) groups excluding carboxylic acids is 3. The van der Waals surface area contributed by atoms with Crippen LogP contribution in [0.2, 0.25) is 0 Å². The van der Waals surface area contributed by atoms with Crippen LogP contribution >= 0.6 is 0 Å². The lowest BCUT2D eigenvalue weighted by atomic mass is 9.99. The molecule has 0 saturated carbocycles. The van der Waals surface area contributed by atoms with Gasteiger partial charge in [-0.2, -0.15) is 0 Å². The quantitative estimate of drug-likeness (QED) is 0.405. The zero-order valence-electron chi connectivity index (χ0n) is 18.9. The first kappa shape index (κ1) is 25.3. The van der Waals surface area contributed by atoms with E-state index in [4.69, 9.17) is 18.9 Å². The van der Waals surface area contributed by atoms with E-state index in [9.17, 15) is 14.4 Å². The van der Waals surface area contributed by atoms with Gasteiger partial charge in [0.25, 0.3) is 0 Å². The Bertz CT molecular complexity index is 919. The highest BCUT2D eigenvalue weighted by atomic mass is 16.7. The molecule has 2 atom stereocenters. The van der Waals surface area contributed by atoms with Gasteiger partial charge in [-0.3, -0.25) is 4.90 Å². The lowest BCUT2D eigenvalue weighted by Crippen LogP contribution is -2.44. The number of hydrogen-bond donors (Lipinski definition) is 0. The second-order valence-electron chi connectivity index (χ2n) is 6.68. The minimum atomic E-state index is -1.15. The van der Waals surface area contributed by atoms with Crippen LogP contribution in [0.25, 0.3) is 0 Å². The summed E-state index contributed by atoms with van der Waals surface area (Å²) in [6, 6.07) is 15.0. The van der Waals surface area contributed by atoms with Crippen LogP contribution in [0, 0.1) is 0 Å². The fourth-order valence-corrected chi connectivity index (χ4v) is 3.18. The third kappa shape index (κ3) is 7.30. The van der Waals surface area contributed by atoms with E-state index >= 15 is 0 Å².